The van der Waals surface area contributed by atoms with Crippen LogP contribution >= 0.6 is 0 Å². The van der Waals surface area contributed by atoms with E-state index < -0.39 is 0 Å². The highest BCUT2D eigenvalue weighted by Gasteiger charge is 2.17. The van der Waals surface area contributed by atoms with Gasteiger partial charge in [-0.25, -0.2) is 0 Å². The lowest BCUT2D eigenvalue weighted by atomic mass is 10.1. The van der Waals surface area contributed by atoms with Gasteiger partial charge in [0.05, 0.1) is 19.0 Å². The first-order chi connectivity index (χ1) is 9.24. The first-order valence-corrected chi connectivity index (χ1v) is 5.71. The summed E-state index contributed by atoms with van der Waals surface area (Å²) < 4.78 is 10.4. The molecule has 0 atom stereocenters. The van der Waals surface area contributed by atoms with E-state index >= 15 is 0 Å². The van der Waals surface area contributed by atoms with E-state index in [4.69, 9.17) is 21.2 Å². The molecule has 0 aliphatic carbocycles. The highest BCUT2D eigenvalue weighted by atomic mass is 16.7. The fourth-order valence-corrected chi connectivity index (χ4v) is 1.77. The van der Waals surface area contributed by atoms with Gasteiger partial charge in [-0.3, -0.25) is 4.79 Å². The largest absolute Gasteiger partial charge is 0.454 e. The normalized spacial score (nSPS) is 11.5. The number of hydrogen-bond acceptors (Lipinski definition) is 4. The SMILES string of the molecule is C#CCN(CC#N)C(=O)Cc1ccc2c(c1)OCO2. The summed E-state index contributed by atoms with van der Waals surface area (Å²) in [7, 11) is 0. The highest BCUT2D eigenvalue weighted by Crippen LogP contribution is 2.32. The molecule has 19 heavy (non-hydrogen) atoms. The van der Waals surface area contributed by atoms with Crippen LogP contribution < -0.4 is 9.47 Å². The third-order valence-corrected chi connectivity index (χ3v) is 2.69. The molecule has 0 bridgehead atoms. The molecule has 0 saturated heterocycles. The van der Waals surface area contributed by atoms with Crippen LogP contribution in [0.1, 0.15) is 5.56 Å². The molecule has 1 aromatic rings. The number of amides is 1. The smallest absolute Gasteiger partial charge is 0.231 e. The Labute approximate surface area is 111 Å². The van der Waals surface area contributed by atoms with Gasteiger partial charge in [0.1, 0.15) is 6.54 Å². The van der Waals surface area contributed by atoms with E-state index in [-0.39, 0.29) is 32.2 Å². The monoisotopic (exact) mass is 256 g/mol. The Balaban J connectivity index is 2.06. The Kier molecular flexibility index (Phi) is 3.90. The summed E-state index contributed by atoms with van der Waals surface area (Å²) in [5.74, 6) is 3.50. The number of terminal acetylenes is 1. The van der Waals surface area contributed by atoms with Gasteiger partial charge >= 0.3 is 0 Å². The minimum atomic E-state index is -0.182. The van der Waals surface area contributed by atoms with Gasteiger partial charge < -0.3 is 14.4 Å². The number of fused-ring (bicyclic) bond motifs is 1. The predicted octanol–water partition coefficient (Wildman–Crippen LogP) is 0.943. The third kappa shape index (κ3) is 2.97. The summed E-state index contributed by atoms with van der Waals surface area (Å²) in [6.45, 7) is 0.328. The van der Waals surface area contributed by atoms with Crippen LogP contribution in [0.15, 0.2) is 18.2 Å². The molecule has 0 unspecified atom stereocenters. The highest BCUT2D eigenvalue weighted by molar-refractivity contribution is 5.79. The number of carbonyl (C=O) groups is 1. The minimum absolute atomic E-state index is 0.00636. The zero-order valence-electron chi connectivity index (χ0n) is 10.3. The second-order valence-corrected chi connectivity index (χ2v) is 3.98. The molecular weight excluding hydrogens is 244 g/mol. The summed E-state index contributed by atoms with van der Waals surface area (Å²) in [5, 5.41) is 8.66. The van der Waals surface area contributed by atoms with Gasteiger partial charge in [-0.1, -0.05) is 12.0 Å². The molecule has 1 heterocycles. The van der Waals surface area contributed by atoms with Crippen LogP contribution in [0, 0.1) is 23.7 Å². The zero-order valence-corrected chi connectivity index (χ0v) is 10.3. The molecule has 5 heteroatoms. The lowest BCUT2D eigenvalue weighted by molar-refractivity contribution is -0.129. The minimum Gasteiger partial charge on any atom is -0.454 e. The molecule has 1 aliphatic heterocycles. The van der Waals surface area contributed by atoms with Gasteiger partial charge in [0.15, 0.2) is 11.5 Å². The summed E-state index contributed by atoms with van der Waals surface area (Å²) in [6, 6.07) is 7.25. The topological polar surface area (TPSA) is 62.6 Å². The fraction of sp³-hybridized carbons (Fsp3) is 0.286. The number of benzene rings is 1. The standard InChI is InChI=1S/C14H12N2O3/c1-2-6-16(7-5-15)14(17)9-11-3-4-12-13(8-11)19-10-18-12/h1,3-4,8H,6-7,9-10H2. The first kappa shape index (κ1) is 12.8. The number of rotatable bonds is 4. The Morgan fingerprint density at radius 2 is 2.16 bits per heavy atom. The van der Waals surface area contributed by atoms with Crippen molar-refractivity contribution < 1.29 is 14.3 Å². The Morgan fingerprint density at radius 3 is 2.89 bits per heavy atom. The molecule has 5 nitrogen and oxygen atoms in total. The number of nitrogens with zero attached hydrogens (tertiary/aromatic N) is 2. The van der Waals surface area contributed by atoms with Crippen molar-refractivity contribution >= 4 is 5.91 Å². The van der Waals surface area contributed by atoms with Gasteiger partial charge in [-0.05, 0) is 17.7 Å². The summed E-state index contributed by atoms with van der Waals surface area (Å²) in [6.07, 6.45) is 5.36. The van der Waals surface area contributed by atoms with E-state index in [1.807, 2.05) is 6.07 Å². The van der Waals surface area contributed by atoms with Crippen molar-refractivity contribution in [3.05, 3.63) is 23.8 Å². The fourth-order valence-electron chi connectivity index (χ4n) is 1.77. The molecule has 0 N–H and O–H groups in total. The molecule has 0 fully saturated rings. The van der Waals surface area contributed by atoms with Crippen molar-refractivity contribution in [2.75, 3.05) is 19.9 Å². The Bertz CT molecular complexity index is 553. The molecule has 2 rings (SSSR count). The molecule has 1 aromatic carbocycles. The second kappa shape index (κ2) is 5.79. The molecule has 0 aromatic heterocycles. The zero-order chi connectivity index (χ0) is 13.7. The molecule has 96 valence electrons. The molecule has 0 radical (unpaired) electrons. The lowest BCUT2D eigenvalue weighted by Gasteiger charge is -2.16. The van der Waals surface area contributed by atoms with Crippen molar-refractivity contribution in [2.45, 2.75) is 6.42 Å². The number of nitriles is 1. The summed E-state index contributed by atoms with van der Waals surface area (Å²) in [4.78, 5) is 13.3. The average Bonchev–Trinajstić information content (AvgIpc) is 2.86. The maximum absolute atomic E-state index is 12.0. The number of hydrogen-bond donors (Lipinski definition) is 0. The van der Waals surface area contributed by atoms with Crippen molar-refractivity contribution in [2.24, 2.45) is 0 Å². The van der Waals surface area contributed by atoms with Crippen LogP contribution in [0.4, 0.5) is 0 Å². The van der Waals surface area contributed by atoms with Crippen LogP contribution in [0.5, 0.6) is 11.5 Å². The van der Waals surface area contributed by atoms with Gasteiger partial charge in [0.25, 0.3) is 0 Å². The molecule has 0 spiro atoms. The van der Waals surface area contributed by atoms with Crippen molar-refractivity contribution in [1.29, 1.82) is 5.26 Å². The maximum Gasteiger partial charge on any atom is 0.231 e. The van der Waals surface area contributed by atoms with E-state index in [0.717, 1.165) is 5.56 Å². The van der Waals surface area contributed by atoms with Crippen LogP contribution in [-0.4, -0.2) is 30.7 Å². The second-order valence-electron chi connectivity index (χ2n) is 3.98. The Morgan fingerprint density at radius 1 is 1.37 bits per heavy atom. The van der Waals surface area contributed by atoms with Crippen LogP contribution in [-0.2, 0) is 11.2 Å². The first-order valence-electron chi connectivity index (χ1n) is 5.71. The van der Waals surface area contributed by atoms with E-state index in [1.165, 1.54) is 4.90 Å². The van der Waals surface area contributed by atoms with Crippen molar-refractivity contribution in [1.82, 2.24) is 4.90 Å². The molecule has 1 amide bonds. The van der Waals surface area contributed by atoms with E-state index in [1.54, 1.807) is 18.2 Å². The van der Waals surface area contributed by atoms with Crippen molar-refractivity contribution in [3.8, 4) is 29.9 Å². The van der Waals surface area contributed by atoms with E-state index in [0.29, 0.717) is 11.5 Å². The Hall–Kier alpha value is -2.66. The summed E-state index contributed by atoms with van der Waals surface area (Å²) >= 11 is 0. The van der Waals surface area contributed by atoms with Crippen LogP contribution in [0.3, 0.4) is 0 Å². The third-order valence-electron chi connectivity index (χ3n) is 2.69. The number of ether oxygens (including phenoxy) is 2. The quantitative estimate of drug-likeness (QED) is 0.594. The van der Waals surface area contributed by atoms with Gasteiger partial charge in [-0.15, -0.1) is 6.42 Å². The molecular formula is C14H12N2O3. The van der Waals surface area contributed by atoms with Crippen molar-refractivity contribution in [3.63, 3.8) is 0 Å². The molecule has 0 saturated carbocycles. The average molecular weight is 256 g/mol. The lowest BCUT2D eigenvalue weighted by Crippen LogP contribution is -2.33. The van der Waals surface area contributed by atoms with Gasteiger partial charge in [-0.2, -0.15) is 5.26 Å². The van der Waals surface area contributed by atoms with Crippen LogP contribution in [0.2, 0.25) is 0 Å². The van der Waals surface area contributed by atoms with E-state index in [9.17, 15) is 4.79 Å². The van der Waals surface area contributed by atoms with Gasteiger partial charge in [0.2, 0.25) is 12.7 Å². The number of carbonyl (C=O) groups excluding carboxylic acids is 1. The van der Waals surface area contributed by atoms with Crippen LogP contribution in [0.25, 0.3) is 0 Å². The molecule has 1 aliphatic rings. The summed E-state index contributed by atoms with van der Waals surface area (Å²) in [5.41, 5.74) is 0.800. The van der Waals surface area contributed by atoms with Gasteiger partial charge in [0, 0.05) is 0 Å². The van der Waals surface area contributed by atoms with E-state index in [2.05, 4.69) is 5.92 Å². The predicted molar refractivity (Wildman–Crippen MR) is 67.3 cm³/mol. The maximum atomic E-state index is 12.0.